The summed E-state index contributed by atoms with van der Waals surface area (Å²) >= 11 is 1.81. The second kappa shape index (κ2) is 7.41. The van der Waals surface area contributed by atoms with Gasteiger partial charge in [-0.3, -0.25) is 0 Å². The van der Waals surface area contributed by atoms with Gasteiger partial charge in [0.05, 0.1) is 12.5 Å². The molecular weight excluding hydrogens is 254 g/mol. The molecule has 0 aliphatic carbocycles. The molecule has 0 spiro atoms. The Morgan fingerprint density at radius 1 is 1.26 bits per heavy atom. The third kappa shape index (κ3) is 3.88. The number of hydrogen-bond donors (Lipinski definition) is 1. The van der Waals surface area contributed by atoms with Gasteiger partial charge in [0, 0.05) is 10.9 Å². The fourth-order valence-corrected chi connectivity index (χ4v) is 2.87. The Bertz CT molecular complexity index is 481. The lowest BCUT2D eigenvalue weighted by Crippen LogP contribution is -2.24. The fraction of sp³-hybridized carbons (Fsp3) is 0.375. The van der Waals surface area contributed by atoms with Gasteiger partial charge in [-0.25, -0.2) is 0 Å². The van der Waals surface area contributed by atoms with Gasteiger partial charge in [-0.1, -0.05) is 25.1 Å². The van der Waals surface area contributed by atoms with Crippen molar-refractivity contribution in [3.8, 4) is 0 Å². The Morgan fingerprint density at radius 2 is 2.11 bits per heavy atom. The highest BCUT2D eigenvalue weighted by Crippen LogP contribution is 2.28. The molecule has 0 amide bonds. The van der Waals surface area contributed by atoms with E-state index in [1.807, 2.05) is 12.3 Å². The predicted octanol–water partition coefficient (Wildman–Crippen LogP) is 4.28. The van der Waals surface area contributed by atoms with Gasteiger partial charge in [0.15, 0.2) is 0 Å². The fourth-order valence-electron chi connectivity index (χ4n) is 2.21. The summed E-state index contributed by atoms with van der Waals surface area (Å²) in [4.78, 5) is 1.35. The Hall–Kier alpha value is -1.19. The van der Waals surface area contributed by atoms with Gasteiger partial charge >= 0.3 is 0 Å². The first kappa shape index (κ1) is 14.2. The van der Waals surface area contributed by atoms with Crippen molar-refractivity contribution in [3.63, 3.8) is 0 Å². The van der Waals surface area contributed by atoms with Crippen molar-refractivity contribution < 1.29 is 4.42 Å². The zero-order chi connectivity index (χ0) is 13.5. The Balaban J connectivity index is 2.20. The predicted molar refractivity (Wildman–Crippen MR) is 81.7 cm³/mol. The smallest absolute Gasteiger partial charge is 0.0935 e. The number of rotatable bonds is 7. The van der Waals surface area contributed by atoms with Crippen molar-refractivity contribution in [2.75, 3.05) is 12.8 Å². The third-order valence-corrected chi connectivity index (χ3v) is 3.99. The molecule has 2 rings (SSSR count). The van der Waals surface area contributed by atoms with E-state index in [9.17, 15) is 0 Å². The van der Waals surface area contributed by atoms with Crippen molar-refractivity contribution in [3.05, 3.63) is 54.0 Å². The molecule has 1 aromatic carbocycles. The third-order valence-electron chi connectivity index (χ3n) is 3.18. The summed E-state index contributed by atoms with van der Waals surface area (Å²) in [6, 6.07) is 11.0. The standard InChI is InChI=1S/C16H21NOS/c1-3-9-17-15(11-13-8-10-18-12-13)14-6-4-5-7-16(14)19-2/h4-8,10,12,15,17H,3,9,11H2,1-2H3. The van der Waals surface area contributed by atoms with Crippen LogP contribution in [0.25, 0.3) is 0 Å². The highest BCUT2D eigenvalue weighted by molar-refractivity contribution is 7.98. The molecule has 2 aromatic rings. The van der Waals surface area contributed by atoms with E-state index in [1.54, 1.807) is 18.0 Å². The maximum Gasteiger partial charge on any atom is 0.0935 e. The van der Waals surface area contributed by atoms with Gasteiger partial charge in [-0.2, -0.15) is 0 Å². The topological polar surface area (TPSA) is 25.2 Å². The van der Waals surface area contributed by atoms with Crippen LogP contribution in [0.2, 0.25) is 0 Å². The molecule has 1 aromatic heterocycles. The molecule has 0 aliphatic rings. The first-order valence-corrected chi connectivity index (χ1v) is 7.95. The summed E-state index contributed by atoms with van der Waals surface area (Å²) in [7, 11) is 0. The van der Waals surface area contributed by atoms with Gasteiger partial charge in [-0.05, 0) is 48.9 Å². The van der Waals surface area contributed by atoms with Crippen LogP contribution in [-0.2, 0) is 6.42 Å². The Morgan fingerprint density at radius 3 is 2.79 bits per heavy atom. The molecule has 1 atom stereocenters. The van der Waals surface area contributed by atoms with Crippen molar-refractivity contribution >= 4 is 11.8 Å². The summed E-state index contributed by atoms with van der Waals surface area (Å²) < 4.78 is 5.18. The van der Waals surface area contributed by atoms with E-state index in [1.165, 1.54) is 16.0 Å². The molecule has 1 N–H and O–H groups in total. The van der Waals surface area contributed by atoms with Crippen LogP contribution in [0, 0.1) is 0 Å². The van der Waals surface area contributed by atoms with Crippen LogP contribution in [0.5, 0.6) is 0 Å². The number of nitrogens with one attached hydrogen (secondary N) is 1. The average Bonchev–Trinajstić information content (AvgIpc) is 2.96. The largest absolute Gasteiger partial charge is 0.472 e. The Kier molecular flexibility index (Phi) is 5.55. The number of furan rings is 1. The zero-order valence-corrected chi connectivity index (χ0v) is 12.4. The summed E-state index contributed by atoms with van der Waals surface area (Å²) in [5.41, 5.74) is 2.62. The molecule has 1 heterocycles. The van der Waals surface area contributed by atoms with Crippen LogP contribution in [0.15, 0.2) is 52.2 Å². The van der Waals surface area contributed by atoms with E-state index in [2.05, 4.69) is 42.8 Å². The van der Waals surface area contributed by atoms with Crippen molar-refractivity contribution in [2.24, 2.45) is 0 Å². The number of thioether (sulfide) groups is 1. The Labute approximate surface area is 119 Å². The lowest BCUT2D eigenvalue weighted by atomic mass is 10.0. The van der Waals surface area contributed by atoms with Gasteiger partial charge < -0.3 is 9.73 Å². The molecule has 0 fully saturated rings. The lowest BCUT2D eigenvalue weighted by Gasteiger charge is -2.20. The highest BCUT2D eigenvalue weighted by Gasteiger charge is 2.15. The van der Waals surface area contributed by atoms with Crippen LogP contribution in [0.3, 0.4) is 0 Å². The van der Waals surface area contributed by atoms with Crippen molar-refractivity contribution in [2.45, 2.75) is 30.7 Å². The first-order chi connectivity index (χ1) is 9.35. The van der Waals surface area contributed by atoms with Gasteiger partial charge in [0.25, 0.3) is 0 Å². The number of hydrogen-bond acceptors (Lipinski definition) is 3. The van der Waals surface area contributed by atoms with Crippen molar-refractivity contribution in [1.82, 2.24) is 5.32 Å². The molecule has 0 saturated carbocycles. The van der Waals surface area contributed by atoms with Crippen LogP contribution in [0.1, 0.15) is 30.5 Å². The van der Waals surface area contributed by atoms with Gasteiger partial charge in [0.1, 0.15) is 0 Å². The van der Waals surface area contributed by atoms with Crippen LogP contribution < -0.4 is 5.32 Å². The quantitative estimate of drug-likeness (QED) is 0.763. The summed E-state index contributed by atoms with van der Waals surface area (Å²) in [5, 5.41) is 3.64. The van der Waals surface area contributed by atoms with Crippen molar-refractivity contribution in [1.29, 1.82) is 0 Å². The highest BCUT2D eigenvalue weighted by atomic mass is 32.2. The molecule has 0 bridgehead atoms. The second-order valence-corrected chi connectivity index (χ2v) is 5.43. The monoisotopic (exact) mass is 275 g/mol. The maximum absolute atomic E-state index is 5.18. The average molecular weight is 275 g/mol. The molecular formula is C16H21NOS. The van der Waals surface area contributed by atoms with E-state index >= 15 is 0 Å². The van der Waals surface area contributed by atoms with E-state index in [-0.39, 0.29) is 0 Å². The molecule has 0 aliphatic heterocycles. The zero-order valence-electron chi connectivity index (χ0n) is 11.6. The van der Waals surface area contributed by atoms with E-state index < -0.39 is 0 Å². The van der Waals surface area contributed by atoms with Crippen LogP contribution in [-0.4, -0.2) is 12.8 Å². The minimum absolute atomic E-state index is 0.348. The minimum Gasteiger partial charge on any atom is -0.472 e. The molecule has 0 radical (unpaired) electrons. The normalized spacial score (nSPS) is 12.5. The SMILES string of the molecule is CCCNC(Cc1ccoc1)c1ccccc1SC. The maximum atomic E-state index is 5.18. The summed E-state index contributed by atoms with van der Waals surface area (Å²) in [6.45, 7) is 3.23. The number of benzene rings is 1. The molecule has 2 nitrogen and oxygen atoms in total. The van der Waals surface area contributed by atoms with E-state index in [0.717, 1.165) is 19.4 Å². The second-order valence-electron chi connectivity index (χ2n) is 4.58. The first-order valence-electron chi connectivity index (χ1n) is 6.72. The van der Waals surface area contributed by atoms with Crippen LogP contribution in [0.4, 0.5) is 0 Å². The van der Waals surface area contributed by atoms with E-state index in [0.29, 0.717) is 6.04 Å². The van der Waals surface area contributed by atoms with Gasteiger partial charge in [-0.15, -0.1) is 11.8 Å². The molecule has 102 valence electrons. The molecule has 19 heavy (non-hydrogen) atoms. The summed E-state index contributed by atoms with van der Waals surface area (Å²) in [5.74, 6) is 0. The van der Waals surface area contributed by atoms with E-state index in [4.69, 9.17) is 4.42 Å². The van der Waals surface area contributed by atoms with Crippen LogP contribution >= 0.6 is 11.8 Å². The molecule has 1 unspecified atom stereocenters. The molecule has 0 saturated heterocycles. The minimum atomic E-state index is 0.348. The lowest BCUT2D eigenvalue weighted by molar-refractivity contribution is 0.515. The van der Waals surface area contributed by atoms with Gasteiger partial charge in [0.2, 0.25) is 0 Å². The summed E-state index contributed by atoms with van der Waals surface area (Å²) in [6.07, 6.45) is 7.82. The molecule has 3 heteroatoms.